The average Bonchev–Trinajstić information content (AvgIpc) is 1.62. The van der Waals surface area contributed by atoms with Crippen LogP contribution in [0.3, 0.4) is 0 Å². The largest absolute Gasteiger partial charge is 0.300 e. The number of para-hydroxylation sites is 4. The van der Waals surface area contributed by atoms with E-state index in [0.717, 1.165) is 163 Å². The lowest BCUT2D eigenvalue weighted by molar-refractivity contribution is 1.27. The van der Waals surface area contributed by atoms with Gasteiger partial charge in [0, 0.05) is 100 Å². The van der Waals surface area contributed by atoms with Crippen LogP contribution in [-0.2, 0) is 0 Å². The zero-order valence-corrected chi connectivity index (χ0v) is 84.8. The van der Waals surface area contributed by atoms with Gasteiger partial charge in [-0.1, -0.05) is 443 Å². The molecule has 0 unspecified atom stereocenters. The van der Waals surface area contributed by atoms with Gasteiger partial charge in [-0.15, -0.1) is 0 Å². The van der Waals surface area contributed by atoms with E-state index in [1.807, 2.05) is 66.7 Å². The van der Waals surface area contributed by atoms with Gasteiger partial charge >= 0.3 is 0 Å². The lowest BCUT2D eigenvalue weighted by atomic mass is 10.0. The van der Waals surface area contributed by atoms with Gasteiger partial charge < -0.3 is 19.6 Å². The van der Waals surface area contributed by atoms with Crippen LogP contribution in [-0.4, -0.2) is 19.9 Å². The fourth-order valence-corrected chi connectivity index (χ4v) is 21.8. The van der Waals surface area contributed by atoms with Crippen LogP contribution in [0.15, 0.2) is 473 Å². The van der Waals surface area contributed by atoms with Crippen molar-refractivity contribution >= 4 is 134 Å². The topological polar surface area (TPSA) is 64.5 Å². The Labute approximate surface area is 859 Å². The van der Waals surface area contributed by atoms with Crippen LogP contribution in [0.4, 0.5) is 65.5 Å². The molecule has 14 heteroatoms. The van der Waals surface area contributed by atoms with E-state index < -0.39 is 0 Å². The summed E-state index contributed by atoms with van der Waals surface area (Å²) in [6, 6.07) is 165. The number of hydrogen-bond donors (Lipinski definition) is 0. The molecule has 0 aliphatic rings. The summed E-state index contributed by atoms with van der Waals surface area (Å²) in [5.74, 6) is 0. The summed E-state index contributed by atoms with van der Waals surface area (Å²) in [5.41, 5.74) is 36.4. The number of hydrogen-bond acceptors (Lipinski definition) is 12. The highest BCUT2D eigenvalue weighted by atomic mass is 35.5. The number of nitrogens with zero attached hydrogens (tertiary/aromatic N) is 8. The van der Waals surface area contributed by atoms with Gasteiger partial charge in [0.25, 0.3) is 0 Å². The minimum absolute atomic E-state index is 0.722. The maximum Gasteiger partial charge on any atom is 0.129 e. The monoisotopic (exact) mass is 1950 g/mol. The molecule has 4 heterocycles. The fraction of sp³-hybridized carbons (Fsp3) is 0.0625. The molecule has 0 atom stereocenters. The summed E-state index contributed by atoms with van der Waals surface area (Å²) >= 11 is 19.2. The van der Waals surface area contributed by atoms with Crippen molar-refractivity contribution in [3.05, 3.63) is 528 Å². The van der Waals surface area contributed by atoms with E-state index >= 15 is 0 Å². The zero-order chi connectivity index (χ0) is 97.4. The predicted molar refractivity (Wildman–Crippen MR) is 609 cm³/mol. The molecule has 0 saturated carbocycles. The Bertz CT molecular complexity index is 7780. The SMILES string of the molecule is Cc1ccc(N(c2ccc(C)cc2)c2sc(-c3ccc(-c4ccccc4)cc3)nc2-c2ccccc2C)cc1.Cc1ccc(N(c2ccc(C)cc2)c2sc(-c3ccc(Cl)cc3)nc2-c2ccccc2C)cc1.Cc1ccccc1-c1nc(-c2ccc(-c3ccccc3)cc2)sc1N(c1ccccc1)c1ccccc1.Cc1ccccc1-c1nc(-c2ccc(Cl)cc2)sc1N(c1ccccc1)c1ccccc1. The molecule has 0 saturated heterocycles. The summed E-state index contributed by atoms with van der Waals surface area (Å²) in [6.45, 7) is 17.1. The summed E-state index contributed by atoms with van der Waals surface area (Å²) in [5, 5.41) is 9.78. The quantitative estimate of drug-likeness (QED) is 0.0665. The van der Waals surface area contributed by atoms with Gasteiger partial charge in [-0.3, -0.25) is 0 Å². The summed E-state index contributed by atoms with van der Waals surface area (Å²) in [6.07, 6.45) is 0. The molecule has 0 bridgehead atoms. The van der Waals surface area contributed by atoms with Crippen molar-refractivity contribution in [1.82, 2.24) is 19.9 Å². The first-order valence-electron chi connectivity index (χ1n) is 47.3. The maximum atomic E-state index is 6.16. The van der Waals surface area contributed by atoms with Gasteiger partial charge in [0.1, 0.15) is 62.8 Å². The Morgan fingerprint density at radius 1 is 0.162 bits per heavy atom. The van der Waals surface area contributed by atoms with Gasteiger partial charge in [-0.2, -0.15) is 0 Å². The van der Waals surface area contributed by atoms with Crippen LogP contribution >= 0.6 is 68.5 Å². The smallest absolute Gasteiger partial charge is 0.129 e. The number of aryl methyl sites for hydroxylation is 8. The van der Waals surface area contributed by atoms with Crippen molar-refractivity contribution in [2.45, 2.75) is 55.4 Å². The third-order valence-electron chi connectivity index (χ3n) is 24.7. The number of aromatic nitrogens is 4. The third-order valence-corrected chi connectivity index (χ3v) is 29.6. The van der Waals surface area contributed by atoms with Crippen LogP contribution in [0, 0.1) is 55.4 Å². The first-order chi connectivity index (χ1) is 69.5. The maximum absolute atomic E-state index is 6.16. The molecule has 22 rings (SSSR count). The molecule has 0 aliphatic carbocycles. The minimum Gasteiger partial charge on any atom is -0.300 e. The van der Waals surface area contributed by atoms with E-state index in [4.69, 9.17) is 43.1 Å². The van der Waals surface area contributed by atoms with E-state index in [-0.39, 0.29) is 0 Å². The Hall–Kier alpha value is -15.7. The van der Waals surface area contributed by atoms with E-state index in [9.17, 15) is 0 Å². The standard InChI is InChI=1S/C36H30N2S.C34H26N2S.C30H25ClN2S.C28H21ClN2S/c1-25-13-21-31(22-14-25)38(32-23-15-26(2)16-24-32)36-34(33-12-8-7-9-27(33)3)37-35(39-36)30-19-17-29(18-20-30)28-10-5-4-6-11-28;1-25-13-11-12-20-31(25)32-34(36(29-16-7-3-8-17-29)30-18-9-4-10-19-30)37-33(35-32)28-23-21-27(22-24-28)26-14-5-2-6-15-26;1-20-8-16-25(17-9-20)33(26-18-10-21(2)11-19-26)30-28(27-7-5-4-6-22(27)3)32-29(34-30)23-12-14-24(31)15-13-23;1-20-10-8-9-15-25(20)26-28(32-27(30-26)21-16-18-22(29)19-17-21)31(23-11-4-2-5-12-23)24-13-6-3-7-14-24/h4-24H,1-3H3;2-24H,1H3;4-19H,1-3H3;2-19H,1H3. The second-order valence-corrected chi connectivity index (χ2v) is 39.7. The lowest BCUT2D eigenvalue weighted by Crippen LogP contribution is -2.09. The van der Waals surface area contributed by atoms with Gasteiger partial charge in [0.05, 0.1) is 0 Å². The first-order valence-corrected chi connectivity index (χ1v) is 51.3. The molecule has 0 N–H and O–H groups in total. The molecule has 0 radical (unpaired) electrons. The van der Waals surface area contributed by atoms with E-state index in [2.05, 4.69) is 481 Å². The van der Waals surface area contributed by atoms with Crippen LogP contribution in [0.25, 0.3) is 110 Å². The van der Waals surface area contributed by atoms with Crippen molar-refractivity contribution in [3.8, 4) is 110 Å². The van der Waals surface area contributed by atoms with Gasteiger partial charge in [0.15, 0.2) is 0 Å². The second kappa shape index (κ2) is 44.6. The van der Waals surface area contributed by atoms with E-state index in [0.29, 0.717) is 0 Å². The van der Waals surface area contributed by atoms with Crippen molar-refractivity contribution in [3.63, 3.8) is 0 Å². The highest BCUT2D eigenvalue weighted by Gasteiger charge is 2.30. The molecule has 0 fully saturated rings. The number of anilines is 12. The molecule has 0 spiro atoms. The molecule has 692 valence electrons. The normalized spacial score (nSPS) is 10.9. The Morgan fingerprint density at radius 2 is 0.324 bits per heavy atom. The molecule has 18 aromatic carbocycles. The molecule has 142 heavy (non-hydrogen) atoms. The van der Waals surface area contributed by atoms with Crippen LogP contribution in [0.2, 0.25) is 10.0 Å². The first kappa shape index (κ1) is 95.2. The number of rotatable bonds is 22. The second-order valence-electron chi connectivity index (χ2n) is 34.9. The van der Waals surface area contributed by atoms with Crippen molar-refractivity contribution in [2.24, 2.45) is 0 Å². The summed E-state index contributed by atoms with van der Waals surface area (Å²) in [4.78, 5) is 30.2. The molecule has 4 aromatic heterocycles. The fourth-order valence-electron chi connectivity index (χ4n) is 17.1. The molecule has 0 amide bonds. The van der Waals surface area contributed by atoms with Gasteiger partial charge in [-0.25, -0.2) is 19.9 Å². The predicted octanol–water partition coefficient (Wildman–Crippen LogP) is 38.9. The van der Waals surface area contributed by atoms with E-state index in [1.54, 1.807) is 45.3 Å². The van der Waals surface area contributed by atoms with Gasteiger partial charge in [-0.05, 0) is 221 Å². The van der Waals surface area contributed by atoms with Crippen LogP contribution < -0.4 is 19.6 Å². The van der Waals surface area contributed by atoms with Crippen molar-refractivity contribution in [2.75, 3.05) is 19.6 Å². The van der Waals surface area contributed by atoms with Crippen molar-refractivity contribution in [1.29, 1.82) is 0 Å². The Kier molecular flexibility index (Phi) is 29.9. The Balaban J connectivity index is 0.000000121. The third kappa shape index (κ3) is 22.1. The number of thiazole rings is 4. The minimum atomic E-state index is 0.722. The summed E-state index contributed by atoms with van der Waals surface area (Å²) < 4.78 is 0. The highest BCUT2D eigenvalue weighted by molar-refractivity contribution is 7.21. The number of halogens is 2. The number of benzene rings is 18. The van der Waals surface area contributed by atoms with Crippen LogP contribution in [0.5, 0.6) is 0 Å². The molecule has 0 aliphatic heterocycles. The molecule has 22 aromatic rings. The van der Waals surface area contributed by atoms with Crippen molar-refractivity contribution < 1.29 is 0 Å². The zero-order valence-electron chi connectivity index (χ0n) is 80.0. The molecular weight excluding hydrogens is 1850 g/mol. The highest BCUT2D eigenvalue weighted by Crippen LogP contribution is 2.54. The molecular formula is C128H102Cl2N8S4. The van der Waals surface area contributed by atoms with E-state index in [1.165, 1.54) is 66.8 Å². The average molecular weight is 1950 g/mol. The van der Waals surface area contributed by atoms with Crippen LogP contribution in [0.1, 0.15) is 44.5 Å². The van der Waals surface area contributed by atoms with Gasteiger partial charge in [0.2, 0.25) is 0 Å². The lowest BCUT2D eigenvalue weighted by Gasteiger charge is -2.25. The Morgan fingerprint density at radius 3 is 0.528 bits per heavy atom. The molecule has 8 nitrogen and oxygen atoms in total. The summed E-state index contributed by atoms with van der Waals surface area (Å²) in [7, 11) is 0.